The predicted octanol–water partition coefficient (Wildman–Crippen LogP) is 2.87. The molecule has 2 aliphatic rings. The zero-order valence-electron chi connectivity index (χ0n) is 10.9. The lowest BCUT2D eigenvalue weighted by Gasteiger charge is -2.32. The fourth-order valence-corrected chi connectivity index (χ4v) is 3.58. The Morgan fingerprint density at radius 3 is 3.00 bits per heavy atom. The number of aryl methyl sites for hydroxylation is 1. The highest BCUT2D eigenvalue weighted by Crippen LogP contribution is 2.49. The van der Waals surface area contributed by atoms with Gasteiger partial charge in [-0.25, -0.2) is 0 Å². The summed E-state index contributed by atoms with van der Waals surface area (Å²) in [4.78, 5) is 0. The van der Waals surface area contributed by atoms with Crippen molar-refractivity contribution in [3.8, 4) is 0 Å². The maximum Gasteiger partial charge on any atom is 0.0674 e. The lowest BCUT2D eigenvalue weighted by Crippen LogP contribution is -2.36. The number of halogens is 1. The molecule has 0 N–H and O–H groups in total. The molecule has 0 radical (unpaired) electrons. The van der Waals surface area contributed by atoms with Crippen molar-refractivity contribution in [3.63, 3.8) is 0 Å². The molecule has 2 fully saturated rings. The van der Waals surface area contributed by atoms with Gasteiger partial charge in [0, 0.05) is 30.6 Å². The molecule has 1 aromatic heterocycles. The van der Waals surface area contributed by atoms with Crippen molar-refractivity contribution in [1.29, 1.82) is 0 Å². The van der Waals surface area contributed by atoms with E-state index in [4.69, 9.17) is 16.3 Å². The predicted molar refractivity (Wildman–Crippen MR) is 71.8 cm³/mol. The largest absolute Gasteiger partial charge is 0.377 e. The first kappa shape index (κ1) is 12.5. The third-order valence-electron chi connectivity index (χ3n) is 4.38. The molecule has 3 rings (SSSR count). The fourth-order valence-electron chi connectivity index (χ4n) is 3.20. The average Bonchev–Trinajstić information content (AvgIpc) is 2.99. The van der Waals surface area contributed by atoms with Crippen LogP contribution in [0.4, 0.5) is 0 Å². The van der Waals surface area contributed by atoms with Gasteiger partial charge in [0.1, 0.15) is 0 Å². The molecule has 1 aliphatic carbocycles. The number of hydrogen-bond acceptors (Lipinski definition) is 2. The number of rotatable bonds is 5. The quantitative estimate of drug-likeness (QED) is 0.768. The number of aromatic nitrogens is 2. The van der Waals surface area contributed by atoms with Gasteiger partial charge in [0.05, 0.1) is 12.3 Å². The highest BCUT2D eigenvalue weighted by Gasteiger charge is 2.50. The van der Waals surface area contributed by atoms with Crippen molar-refractivity contribution in [2.24, 2.45) is 11.3 Å². The first-order valence-electron chi connectivity index (χ1n) is 6.96. The summed E-state index contributed by atoms with van der Waals surface area (Å²) in [6.07, 6.45) is 9.25. The SMILES string of the molecule is CCn1cc(CC2(CCl)CCOC2C2CC2)cn1. The lowest BCUT2D eigenvalue weighted by molar-refractivity contribution is 0.0403. The Morgan fingerprint density at radius 2 is 2.39 bits per heavy atom. The van der Waals surface area contributed by atoms with Gasteiger partial charge in [-0.1, -0.05) is 0 Å². The van der Waals surface area contributed by atoms with Crippen LogP contribution in [0.5, 0.6) is 0 Å². The molecule has 2 heterocycles. The third-order valence-corrected chi connectivity index (χ3v) is 4.92. The minimum atomic E-state index is 0.143. The second-order valence-electron chi connectivity index (χ2n) is 5.76. The monoisotopic (exact) mass is 268 g/mol. The van der Waals surface area contributed by atoms with Crippen LogP contribution >= 0.6 is 11.6 Å². The van der Waals surface area contributed by atoms with E-state index in [0.717, 1.165) is 31.9 Å². The van der Waals surface area contributed by atoms with E-state index in [2.05, 4.69) is 18.2 Å². The van der Waals surface area contributed by atoms with Crippen molar-refractivity contribution >= 4 is 11.6 Å². The maximum atomic E-state index is 6.31. The number of nitrogens with zero attached hydrogens (tertiary/aromatic N) is 2. The molecule has 1 aromatic rings. The molecule has 0 aromatic carbocycles. The highest BCUT2D eigenvalue weighted by molar-refractivity contribution is 6.18. The molecule has 4 heteroatoms. The summed E-state index contributed by atoms with van der Waals surface area (Å²) in [5, 5.41) is 4.36. The Hall–Kier alpha value is -0.540. The number of alkyl halides is 1. The molecular formula is C14H21ClN2O. The van der Waals surface area contributed by atoms with Crippen LogP contribution in [-0.4, -0.2) is 28.4 Å². The van der Waals surface area contributed by atoms with Crippen LogP contribution in [0.25, 0.3) is 0 Å². The van der Waals surface area contributed by atoms with Crippen LogP contribution in [0.15, 0.2) is 12.4 Å². The van der Waals surface area contributed by atoms with Crippen molar-refractivity contribution < 1.29 is 4.74 Å². The first-order chi connectivity index (χ1) is 8.77. The van der Waals surface area contributed by atoms with E-state index in [9.17, 15) is 0 Å². The lowest BCUT2D eigenvalue weighted by atomic mass is 9.76. The summed E-state index contributed by atoms with van der Waals surface area (Å²) < 4.78 is 7.96. The summed E-state index contributed by atoms with van der Waals surface area (Å²) >= 11 is 6.31. The van der Waals surface area contributed by atoms with E-state index < -0.39 is 0 Å². The molecule has 1 saturated heterocycles. The molecule has 0 bridgehead atoms. The zero-order chi connectivity index (χ0) is 12.6. The van der Waals surface area contributed by atoms with Gasteiger partial charge in [-0.2, -0.15) is 5.10 Å². The molecule has 0 spiro atoms. The van der Waals surface area contributed by atoms with Gasteiger partial charge in [-0.05, 0) is 44.1 Å². The Bertz CT molecular complexity index is 416. The second kappa shape index (κ2) is 4.86. The van der Waals surface area contributed by atoms with Crippen LogP contribution in [0.2, 0.25) is 0 Å². The third kappa shape index (κ3) is 2.19. The van der Waals surface area contributed by atoms with Crippen LogP contribution in [0.1, 0.15) is 31.7 Å². The summed E-state index contributed by atoms with van der Waals surface area (Å²) in [6.45, 7) is 3.91. The molecule has 3 nitrogen and oxygen atoms in total. The highest BCUT2D eigenvalue weighted by atomic mass is 35.5. The summed E-state index contributed by atoms with van der Waals surface area (Å²) in [5.41, 5.74) is 1.44. The molecule has 0 amide bonds. The van der Waals surface area contributed by atoms with Crippen LogP contribution in [0.3, 0.4) is 0 Å². The van der Waals surface area contributed by atoms with E-state index in [1.165, 1.54) is 18.4 Å². The molecule has 1 aliphatic heterocycles. The molecule has 18 heavy (non-hydrogen) atoms. The first-order valence-corrected chi connectivity index (χ1v) is 7.50. The normalized spacial score (nSPS) is 32.0. The van der Waals surface area contributed by atoms with Crippen molar-refractivity contribution in [1.82, 2.24) is 9.78 Å². The van der Waals surface area contributed by atoms with Gasteiger partial charge in [-0.3, -0.25) is 4.68 Å². The minimum Gasteiger partial charge on any atom is -0.377 e. The smallest absolute Gasteiger partial charge is 0.0674 e. The summed E-state index contributed by atoms with van der Waals surface area (Å²) in [5.74, 6) is 1.46. The van der Waals surface area contributed by atoms with Crippen molar-refractivity contribution in [2.45, 2.75) is 45.3 Å². The Balaban J connectivity index is 1.78. The standard InChI is InChI=1S/C14H21ClN2O/c1-2-17-9-11(8-16-17)7-14(10-15)5-6-18-13(14)12-3-4-12/h8-9,12-13H,2-7,10H2,1H3. The molecule has 1 saturated carbocycles. The summed E-state index contributed by atoms with van der Waals surface area (Å²) in [6, 6.07) is 0. The van der Waals surface area contributed by atoms with E-state index >= 15 is 0 Å². The van der Waals surface area contributed by atoms with E-state index in [-0.39, 0.29) is 5.41 Å². The van der Waals surface area contributed by atoms with E-state index in [1.807, 2.05) is 10.9 Å². The zero-order valence-corrected chi connectivity index (χ0v) is 11.7. The average molecular weight is 269 g/mol. The van der Waals surface area contributed by atoms with Gasteiger partial charge in [-0.15, -0.1) is 11.6 Å². The van der Waals surface area contributed by atoms with Crippen LogP contribution < -0.4 is 0 Å². The van der Waals surface area contributed by atoms with Gasteiger partial charge < -0.3 is 4.74 Å². The van der Waals surface area contributed by atoms with E-state index in [0.29, 0.717) is 12.0 Å². The molecule has 2 atom stereocenters. The van der Waals surface area contributed by atoms with Gasteiger partial charge >= 0.3 is 0 Å². The van der Waals surface area contributed by atoms with Gasteiger partial charge in [0.15, 0.2) is 0 Å². The van der Waals surface area contributed by atoms with Crippen molar-refractivity contribution in [2.75, 3.05) is 12.5 Å². The molecular weight excluding hydrogens is 248 g/mol. The number of ether oxygens (including phenoxy) is 1. The molecule has 2 unspecified atom stereocenters. The van der Waals surface area contributed by atoms with Crippen LogP contribution in [0, 0.1) is 11.3 Å². The Kier molecular flexibility index (Phi) is 3.37. The minimum absolute atomic E-state index is 0.143. The maximum absolute atomic E-state index is 6.31. The van der Waals surface area contributed by atoms with E-state index in [1.54, 1.807) is 0 Å². The van der Waals surface area contributed by atoms with Gasteiger partial charge in [0.2, 0.25) is 0 Å². The summed E-state index contributed by atoms with van der Waals surface area (Å²) in [7, 11) is 0. The van der Waals surface area contributed by atoms with Crippen LogP contribution in [-0.2, 0) is 17.7 Å². The second-order valence-corrected chi connectivity index (χ2v) is 6.02. The topological polar surface area (TPSA) is 27.1 Å². The Labute approximate surface area is 113 Å². The Morgan fingerprint density at radius 1 is 1.56 bits per heavy atom. The molecule has 100 valence electrons. The number of hydrogen-bond donors (Lipinski definition) is 0. The van der Waals surface area contributed by atoms with Gasteiger partial charge in [0.25, 0.3) is 0 Å². The fraction of sp³-hybridized carbons (Fsp3) is 0.786. The van der Waals surface area contributed by atoms with Crippen molar-refractivity contribution in [3.05, 3.63) is 18.0 Å².